The summed E-state index contributed by atoms with van der Waals surface area (Å²) >= 11 is 0. The molecule has 16 heavy (non-hydrogen) atoms. The molecule has 1 aliphatic carbocycles. The Kier molecular flexibility index (Phi) is 3.27. The van der Waals surface area contributed by atoms with Crippen LogP contribution in [0.25, 0.3) is 0 Å². The molecule has 1 heterocycles. The van der Waals surface area contributed by atoms with Gasteiger partial charge in [0, 0.05) is 31.4 Å². The molecule has 0 saturated heterocycles. The second-order valence-corrected chi connectivity index (χ2v) is 4.42. The molecule has 4 heteroatoms. The molecule has 0 unspecified atom stereocenters. The van der Waals surface area contributed by atoms with E-state index in [4.69, 9.17) is 0 Å². The maximum Gasteiger partial charge on any atom is 0.224 e. The van der Waals surface area contributed by atoms with Crippen molar-refractivity contribution in [3.63, 3.8) is 0 Å². The molecule has 4 nitrogen and oxygen atoms in total. The van der Waals surface area contributed by atoms with Gasteiger partial charge in [0.2, 0.25) is 5.95 Å². The first kappa shape index (κ1) is 11.2. The van der Waals surface area contributed by atoms with Crippen molar-refractivity contribution in [3.8, 4) is 0 Å². The molecule has 1 fully saturated rings. The zero-order chi connectivity index (χ0) is 11.5. The Labute approximate surface area is 97.1 Å². The molecule has 88 valence electrons. The minimum Gasteiger partial charge on any atom is -0.357 e. The summed E-state index contributed by atoms with van der Waals surface area (Å²) < 4.78 is 0. The standard InChI is InChI=1S/C12H20N4/c1-4-13-12-14-9(2)8-11(15-12)16(3)10-6-5-7-10/h8,10H,4-7H2,1-3H3,(H,13,14,15). The summed E-state index contributed by atoms with van der Waals surface area (Å²) in [6.45, 7) is 4.93. The van der Waals surface area contributed by atoms with E-state index in [0.29, 0.717) is 6.04 Å². The molecule has 2 rings (SSSR count). The van der Waals surface area contributed by atoms with Crippen molar-refractivity contribution in [3.05, 3.63) is 11.8 Å². The van der Waals surface area contributed by atoms with Crippen LogP contribution in [0, 0.1) is 6.92 Å². The van der Waals surface area contributed by atoms with Gasteiger partial charge in [-0.2, -0.15) is 4.98 Å². The Balaban J connectivity index is 2.18. The molecule has 0 radical (unpaired) electrons. The summed E-state index contributed by atoms with van der Waals surface area (Å²) in [5.74, 6) is 1.77. The second kappa shape index (κ2) is 4.68. The van der Waals surface area contributed by atoms with Gasteiger partial charge in [0.25, 0.3) is 0 Å². The van der Waals surface area contributed by atoms with E-state index >= 15 is 0 Å². The van der Waals surface area contributed by atoms with Gasteiger partial charge in [-0.1, -0.05) is 0 Å². The highest BCUT2D eigenvalue weighted by Crippen LogP contribution is 2.27. The van der Waals surface area contributed by atoms with E-state index < -0.39 is 0 Å². The van der Waals surface area contributed by atoms with Crippen molar-refractivity contribution in [2.75, 3.05) is 23.8 Å². The topological polar surface area (TPSA) is 41.1 Å². The largest absolute Gasteiger partial charge is 0.357 e. The molecule has 1 aromatic heterocycles. The van der Waals surface area contributed by atoms with E-state index in [1.807, 2.05) is 6.92 Å². The molecule has 0 amide bonds. The first-order valence-electron chi connectivity index (χ1n) is 6.03. The second-order valence-electron chi connectivity index (χ2n) is 4.42. The summed E-state index contributed by atoms with van der Waals surface area (Å²) in [7, 11) is 2.13. The molecule has 0 spiro atoms. The Morgan fingerprint density at radius 3 is 2.75 bits per heavy atom. The Morgan fingerprint density at radius 2 is 2.19 bits per heavy atom. The van der Waals surface area contributed by atoms with E-state index in [-0.39, 0.29) is 0 Å². The fourth-order valence-electron chi connectivity index (χ4n) is 1.93. The lowest BCUT2D eigenvalue weighted by atomic mass is 9.92. The average Bonchev–Trinajstić information content (AvgIpc) is 2.14. The monoisotopic (exact) mass is 220 g/mol. The lowest BCUT2D eigenvalue weighted by Gasteiger charge is -2.35. The van der Waals surface area contributed by atoms with Crippen LogP contribution >= 0.6 is 0 Å². The van der Waals surface area contributed by atoms with Crippen LogP contribution in [-0.2, 0) is 0 Å². The fraction of sp³-hybridized carbons (Fsp3) is 0.667. The third kappa shape index (κ3) is 2.26. The minimum absolute atomic E-state index is 0.670. The summed E-state index contributed by atoms with van der Waals surface area (Å²) in [4.78, 5) is 11.2. The summed E-state index contributed by atoms with van der Waals surface area (Å²) in [5.41, 5.74) is 1.02. The van der Waals surface area contributed by atoms with Crippen LogP contribution in [0.1, 0.15) is 31.9 Å². The summed E-state index contributed by atoms with van der Waals surface area (Å²) in [6.07, 6.45) is 3.92. The highest BCUT2D eigenvalue weighted by atomic mass is 15.2. The van der Waals surface area contributed by atoms with Gasteiger partial charge < -0.3 is 10.2 Å². The van der Waals surface area contributed by atoms with Gasteiger partial charge in [0.15, 0.2) is 0 Å². The molecule has 1 aromatic rings. The number of hydrogen-bond acceptors (Lipinski definition) is 4. The summed E-state index contributed by atoms with van der Waals surface area (Å²) in [5, 5.41) is 3.17. The van der Waals surface area contributed by atoms with Gasteiger partial charge in [-0.05, 0) is 33.1 Å². The van der Waals surface area contributed by atoms with Gasteiger partial charge in [-0.3, -0.25) is 0 Å². The molecule has 0 aliphatic heterocycles. The predicted molar refractivity (Wildman–Crippen MR) is 67.0 cm³/mol. The van der Waals surface area contributed by atoms with Crippen LogP contribution in [0.2, 0.25) is 0 Å². The molecule has 0 bridgehead atoms. The normalized spacial score (nSPS) is 15.7. The Bertz CT molecular complexity index is 360. The molecule has 1 saturated carbocycles. The van der Waals surface area contributed by atoms with Crippen molar-refractivity contribution in [2.45, 2.75) is 39.2 Å². The fourth-order valence-corrected chi connectivity index (χ4v) is 1.93. The Morgan fingerprint density at radius 1 is 1.44 bits per heavy atom. The van der Waals surface area contributed by atoms with Gasteiger partial charge in [-0.25, -0.2) is 4.98 Å². The highest BCUT2D eigenvalue weighted by molar-refractivity contribution is 5.45. The first-order valence-corrected chi connectivity index (χ1v) is 6.03. The number of aromatic nitrogens is 2. The first-order chi connectivity index (χ1) is 7.70. The van der Waals surface area contributed by atoms with E-state index in [1.54, 1.807) is 0 Å². The number of aryl methyl sites for hydroxylation is 1. The number of anilines is 2. The van der Waals surface area contributed by atoms with Crippen molar-refractivity contribution >= 4 is 11.8 Å². The lowest BCUT2D eigenvalue weighted by Crippen LogP contribution is -2.37. The number of nitrogens with one attached hydrogen (secondary N) is 1. The van der Waals surface area contributed by atoms with Crippen molar-refractivity contribution in [1.82, 2.24) is 9.97 Å². The molecule has 0 atom stereocenters. The Hall–Kier alpha value is -1.32. The minimum atomic E-state index is 0.670. The smallest absolute Gasteiger partial charge is 0.224 e. The van der Waals surface area contributed by atoms with E-state index in [0.717, 1.165) is 24.0 Å². The van der Waals surface area contributed by atoms with Gasteiger partial charge in [0.05, 0.1) is 0 Å². The third-order valence-corrected chi connectivity index (χ3v) is 3.16. The predicted octanol–water partition coefficient (Wildman–Crippen LogP) is 2.21. The quantitative estimate of drug-likeness (QED) is 0.844. The van der Waals surface area contributed by atoms with Crippen LogP contribution in [0.4, 0.5) is 11.8 Å². The maximum atomic E-state index is 4.53. The summed E-state index contributed by atoms with van der Waals surface area (Å²) in [6, 6.07) is 2.72. The molecule has 1 aliphatic rings. The van der Waals surface area contributed by atoms with Crippen molar-refractivity contribution in [1.29, 1.82) is 0 Å². The van der Waals surface area contributed by atoms with Crippen LogP contribution in [0.5, 0.6) is 0 Å². The van der Waals surface area contributed by atoms with Crippen LogP contribution in [0.15, 0.2) is 6.07 Å². The lowest BCUT2D eigenvalue weighted by molar-refractivity contribution is 0.399. The third-order valence-electron chi connectivity index (χ3n) is 3.16. The van der Waals surface area contributed by atoms with E-state index in [2.05, 4.69) is 40.2 Å². The van der Waals surface area contributed by atoms with E-state index in [1.165, 1.54) is 19.3 Å². The highest BCUT2D eigenvalue weighted by Gasteiger charge is 2.23. The number of nitrogens with zero attached hydrogens (tertiary/aromatic N) is 3. The zero-order valence-electron chi connectivity index (χ0n) is 10.3. The van der Waals surface area contributed by atoms with Gasteiger partial charge >= 0.3 is 0 Å². The molecular weight excluding hydrogens is 200 g/mol. The molecular formula is C12H20N4. The zero-order valence-corrected chi connectivity index (χ0v) is 10.3. The average molecular weight is 220 g/mol. The van der Waals surface area contributed by atoms with Crippen molar-refractivity contribution in [2.24, 2.45) is 0 Å². The molecule has 1 N–H and O–H groups in total. The van der Waals surface area contributed by atoms with Gasteiger partial charge in [-0.15, -0.1) is 0 Å². The van der Waals surface area contributed by atoms with Crippen LogP contribution < -0.4 is 10.2 Å². The number of hydrogen-bond donors (Lipinski definition) is 1. The molecule has 0 aromatic carbocycles. The SMILES string of the molecule is CCNc1nc(C)cc(N(C)C2CCC2)n1. The van der Waals surface area contributed by atoms with Crippen molar-refractivity contribution < 1.29 is 0 Å². The van der Waals surface area contributed by atoms with E-state index in [9.17, 15) is 0 Å². The van der Waals surface area contributed by atoms with Crippen LogP contribution in [0.3, 0.4) is 0 Å². The maximum absolute atomic E-state index is 4.53. The van der Waals surface area contributed by atoms with Crippen LogP contribution in [-0.4, -0.2) is 29.6 Å². The number of rotatable bonds is 4. The van der Waals surface area contributed by atoms with Gasteiger partial charge in [0.1, 0.15) is 5.82 Å².